The number of amides is 1. The van der Waals surface area contributed by atoms with E-state index in [4.69, 9.17) is 4.42 Å². The molecule has 0 fully saturated rings. The van der Waals surface area contributed by atoms with Crippen LogP contribution in [0.3, 0.4) is 0 Å². The Morgan fingerprint density at radius 3 is 2.94 bits per heavy atom. The summed E-state index contributed by atoms with van der Waals surface area (Å²) in [6.07, 6.45) is 1.48. The van der Waals surface area contributed by atoms with Gasteiger partial charge in [-0.05, 0) is 40.4 Å². The van der Waals surface area contributed by atoms with E-state index in [1.807, 2.05) is 24.4 Å². The van der Waals surface area contributed by atoms with Crippen LogP contribution in [-0.4, -0.2) is 5.91 Å². The van der Waals surface area contributed by atoms with Crippen molar-refractivity contribution in [1.29, 1.82) is 0 Å². The van der Waals surface area contributed by atoms with E-state index in [-0.39, 0.29) is 11.9 Å². The average molecular weight is 300 g/mol. The van der Waals surface area contributed by atoms with Crippen LogP contribution in [0.25, 0.3) is 0 Å². The lowest BCUT2D eigenvalue weighted by Crippen LogP contribution is -2.25. The molecule has 1 unspecified atom stereocenters. The summed E-state index contributed by atoms with van der Waals surface area (Å²) in [7, 11) is 0. The summed E-state index contributed by atoms with van der Waals surface area (Å²) in [5.41, 5.74) is 0.517. The van der Waals surface area contributed by atoms with Gasteiger partial charge < -0.3 is 9.73 Å². The van der Waals surface area contributed by atoms with Gasteiger partial charge in [-0.15, -0.1) is 11.3 Å². The Balaban J connectivity index is 2.06. The maximum absolute atomic E-state index is 11.8. The molecule has 2 aromatic rings. The first-order valence-electron chi connectivity index (χ1n) is 4.75. The molecule has 0 aliphatic carbocycles. The Labute approximate surface area is 106 Å². The second kappa shape index (κ2) is 4.84. The highest BCUT2D eigenvalue weighted by Gasteiger charge is 2.16. The predicted molar refractivity (Wildman–Crippen MR) is 66.6 cm³/mol. The van der Waals surface area contributed by atoms with Crippen molar-refractivity contribution >= 4 is 33.2 Å². The van der Waals surface area contributed by atoms with Gasteiger partial charge >= 0.3 is 0 Å². The minimum Gasteiger partial charge on any atom is -0.457 e. The smallest absolute Gasteiger partial charge is 0.256 e. The van der Waals surface area contributed by atoms with Gasteiger partial charge in [-0.3, -0.25) is 4.79 Å². The van der Waals surface area contributed by atoms with Crippen molar-refractivity contribution in [1.82, 2.24) is 5.32 Å². The summed E-state index contributed by atoms with van der Waals surface area (Å²) in [5, 5.41) is 4.90. The molecule has 0 spiro atoms. The Hall–Kier alpha value is -1.07. The van der Waals surface area contributed by atoms with Crippen LogP contribution < -0.4 is 5.32 Å². The van der Waals surface area contributed by atoms with Crippen LogP contribution in [0, 0.1) is 0 Å². The summed E-state index contributed by atoms with van der Waals surface area (Å²) in [4.78, 5) is 13.0. The fourth-order valence-electron chi connectivity index (χ4n) is 1.34. The Bertz CT molecular complexity index is 478. The lowest BCUT2D eigenvalue weighted by molar-refractivity contribution is 0.0939. The van der Waals surface area contributed by atoms with E-state index < -0.39 is 0 Å². The Kier molecular flexibility index (Phi) is 3.46. The molecule has 5 heteroatoms. The maximum Gasteiger partial charge on any atom is 0.256 e. The van der Waals surface area contributed by atoms with Crippen LogP contribution in [-0.2, 0) is 0 Å². The molecule has 0 radical (unpaired) electrons. The normalized spacial score (nSPS) is 12.4. The largest absolute Gasteiger partial charge is 0.457 e. The van der Waals surface area contributed by atoms with E-state index in [0.717, 1.165) is 4.88 Å². The van der Waals surface area contributed by atoms with E-state index >= 15 is 0 Å². The number of nitrogens with one attached hydrogen (secondary N) is 1. The van der Waals surface area contributed by atoms with Crippen LogP contribution in [0.15, 0.2) is 38.9 Å². The van der Waals surface area contributed by atoms with Crippen LogP contribution in [0.1, 0.15) is 28.2 Å². The lowest BCUT2D eigenvalue weighted by Gasteiger charge is -2.11. The first-order valence-corrected chi connectivity index (χ1v) is 6.43. The van der Waals surface area contributed by atoms with Gasteiger partial charge in [0, 0.05) is 4.88 Å². The number of furan rings is 1. The van der Waals surface area contributed by atoms with Crippen LogP contribution in [0.4, 0.5) is 0 Å². The number of carbonyl (C=O) groups excluding carboxylic acids is 1. The van der Waals surface area contributed by atoms with Crippen molar-refractivity contribution in [2.24, 2.45) is 0 Å². The number of rotatable bonds is 3. The Morgan fingerprint density at radius 2 is 2.38 bits per heavy atom. The molecule has 2 heterocycles. The molecule has 0 aliphatic rings. The van der Waals surface area contributed by atoms with Gasteiger partial charge in [0.05, 0.1) is 17.9 Å². The first-order chi connectivity index (χ1) is 7.68. The quantitative estimate of drug-likeness (QED) is 0.941. The van der Waals surface area contributed by atoms with Gasteiger partial charge in [-0.25, -0.2) is 0 Å². The molecule has 84 valence electrons. The number of hydrogen-bond acceptors (Lipinski definition) is 3. The van der Waals surface area contributed by atoms with Crippen molar-refractivity contribution < 1.29 is 9.21 Å². The lowest BCUT2D eigenvalue weighted by atomic mass is 10.2. The molecule has 1 atom stereocenters. The van der Waals surface area contributed by atoms with Gasteiger partial charge in [-0.1, -0.05) is 6.07 Å². The SMILES string of the molecule is CC(NC(=O)c1ccoc1Br)c1cccs1. The second-order valence-corrected chi connectivity index (χ2v) is 5.02. The molecule has 0 aliphatic heterocycles. The fourth-order valence-corrected chi connectivity index (χ4v) is 2.49. The highest BCUT2D eigenvalue weighted by atomic mass is 79.9. The summed E-state index contributed by atoms with van der Waals surface area (Å²) in [5.74, 6) is -0.137. The van der Waals surface area contributed by atoms with Crippen molar-refractivity contribution in [3.05, 3.63) is 45.0 Å². The molecular weight excluding hydrogens is 290 g/mol. The molecule has 0 aromatic carbocycles. The van der Waals surface area contributed by atoms with Gasteiger partial charge in [0.15, 0.2) is 4.67 Å². The van der Waals surface area contributed by atoms with Gasteiger partial charge in [0.2, 0.25) is 0 Å². The van der Waals surface area contributed by atoms with Crippen LogP contribution in [0.5, 0.6) is 0 Å². The number of thiophene rings is 1. The topological polar surface area (TPSA) is 42.2 Å². The fraction of sp³-hybridized carbons (Fsp3) is 0.182. The van der Waals surface area contributed by atoms with E-state index in [1.54, 1.807) is 17.4 Å². The summed E-state index contributed by atoms with van der Waals surface area (Å²) in [6.45, 7) is 1.96. The molecule has 2 aromatic heterocycles. The zero-order chi connectivity index (χ0) is 11.5. The third-order valence-corrected chi connectivity index (χ3v) is 3.85. The third kappa shape index (κ3) is 2.36. The molecule has 16 heavy (non-hydrogen) atoms. The molecule has 0 saturated heterocycles. The van der Waals surface area contributed by atoms with Crippen molar-refractivity contribution in [3.8, 4) is 0 Å². The molecule has 1 N–H and O–H groups in total. The van der Waals surface area contributed by atoms with Gasteiger partial charge in [0.25, 0.3) is 5.91 Å². The molecule has 3 nitrogen and oxygen atoms in total. The van der Waals surface area contributed by atoms with Gasteiger partial charge in [-0.2, -0.15) is 0 Å². The van der Waals surface area contributed by atoms with Crippen molar-refractivity contribution in [2.75, 3.05) is 0 Å². The predicted octanol–water partition coefficient (Wildman–Crippen LogP) is 3.59. The van der Waals surface area contributed by atoms with Crippen LogP contribution >= 0.6 is 27.3 Å². The van der Waals surface area contributed by atoms with E-state index in [0.29, 0.717) is 10.2 Å². The highest BCUT2D eigenvalue weighted by Crippen LogP contribution is 2.21. The summed E-state index contributed by atoms with van der Waals surface area (Å²) in [6, 6.07) is 5.62. The zero-order valence-electron chi connectivity index (χ0n) is 8.57. The van der Waals surface area contributed by atoms with E-state index in [1.165, 1.54) is 6.26 Å². The second-order valence-electron chi connectivity index (χ2n) is 3.32. The molecule has 2 rings (SSSR count). The molecule has 0 bridgehead atoms. The minimum absolute atomic E-state index is 0.00861. The monoisotopic (exact) mass is 299 g/mol. The number of hydrogen-bond donors (Lipinski definition) is 1. The summed E-state index contributed by atoms with van der Waals surface area (Å²) < 4.78 is 5.48. The molecular formula is C11H10BrNO2S. The third-order valence-electron chi connectivity index (χ3n) is 2.18. The average Bonchev–Trinajstić information content (AvgIpc) is 2.86. The van der Waals surface area contributed by atoms with Gasteiger partial charge in [0.1, 0.15) is 0 Å². The van der Waals surface area contributed by atoms with Crippen molar-refractivity contribution in [2.45, 2.75) is 13.0 Å². The molecule has 1 amide bonds. The van der Waals surface area contributed by atoms with Crippen molar-refractivity contribution in [3.63, 3.8) is 0 Å². The highest BCUT2D eigenvalue weighted by molar-refractivity contribution is 9.10. The van der Waals surface area contributed by atoms with Crippen LogP contribution in [0.2, 0.25) is 0 Å². The van der Waals surface area contributed by atoms with E-state index in [2.05, 4.69) is 21.2 Å². The maximum atomic E-state index is 11.8. The Morgan fingerprint density at radius 1 is 1.56 bits per heavy atom. The van der Waals surface area contributed by atoms with E-state index in [9.17, 15) is 4.79 Å². The zero-order valence-corrected chi connectivity index (χ0v) is 11.0. The summed E-state index contributed by atoms with van der Waals surface area (Å²) >= 11 is 4.81. The minimum atomic E-state index is -0.137. The standard InChI is InChI=1S/C11H10BrNO2S/c1-7(9-3-2-6-16-9)13-11(14)8-4-5-15-10(8)12/h2-7H,1H3,(H,13,14). The molecule has 0 saturated carbocycles. The number of halogens is 1. The first kappa shape index (κ1) is 11.4. The number of carbonyl (C=O) groups is 1.